The molecule has 0 spiro atoms. The third-order valence-corrected chi connectivity index (χ3v) is 5.67. The number of nitrogens with one attached hydrogen (secondary N) is 1. The highest BCUT2D eigenvalue weighted by Crippen LogP contribution is 2.28. The molecule has 0 saturated heterocycles. The van der Waals surface area contributed by atoms with Gasteiger partial charge in [0.25, 0.3) is 5.91 Å². The van der Waals surface area contributed by atoms with Crippen LogP contribution in [0, 0.1) is 0 Å². The van der Waals surface area contributed by atoms with E-state index in [0.717, 1.165) is 12.8 Å². The zero-order valence-corrected chi connectivity index (χ0v) is 16.4. The zero-order valence-electron chi connectivity index (χ0n) is 15.6. The Morgan fingerprint density at radius 3 is 2.48 bits per heavy atom. The molecule has 2 aromatic carbocycles. The Labute approximate surface area is 160 Å². The number of carbonyl (C=O) groups excluding carboxylic acids is 1. The van der Waals surface area contributed by atoms with E-state index in [4.69, 9.17) is 9.47 Å². The number of unbranched alkanes of at least 4 members (excludes halogenated alkanes) is 1. The van der Waals surface area contributed by atoms with Gasteiger partial charge in [-0.2, -0.15) is 0 Å². The summed E-state index contributed by atoms with van der Waals surface area (Å²) in [6.45, 7) is 2.68. The van der Waals surface area contributed by atoms with E-state index in [1.807, 2.05) is 0 Å². The molecule has 2 aromatic rings. The average molecular weight is 391 g/mol. The molecule has 27 heavy (non-hydrogen) atoms. The van der Waals surface area contributed by atoms with Crippen molar-refractivity contribution in [3.8, 4) is 11.5 Å². The summed E-state index contributed by atoms with van der Waals surface area (Å²) in [5.41, 5.74) is 0.381. The molecule has 0 radical (unpaired) electrons. The first-order valence-electron chi connectivity index (χ1n) is 8.84. The first-order chi connectivity index (χ1) is 13.0. The number of hydrogen-bond donors (Lipinski definition) is 1. The van der Waals surface area contributed by atoms with Gasteiger partial charge in [-0.25, -0.2) is 8.42 Å². The second-order valence-electron chi connectivity index (χ2n) is 5.96. The lowest BCUT2D eigenvalue weighted by Gasteiger charge is -2.12. The summed E-state index contributed by atoms with van der Waals surface area (Å²) < 4.78 is 35.4. The molecule has 7 heteroatoms. The summed E-state index contributed by atoms with van der Waals surface area (Å²) in [6.07, 6.45) is 1.95. The molecule has 0 fully saturated rings. The molecule has 1 N–H and O–H groups in total. The molecule has 6 nitrogen and oxygen atoms in total. The fraction of sp³-hybridized carbons (Fsp3) is 0.350. The number of benzene rings is 2. The Hall–Kier alpha value is -2.54. The second-order valence-corrected chi connectivity index (χ2v) is 8.06. The lowest BCUT2D eigenvalue weighted by atomic mass is 10.2. The van der Waals surface area contributed by atoms with Crippen molar-refractivity contribution in [3.05, 3.63) is 54.1 Å². The lowest BCUT2D eigenvalue weighted by Crippen LogP contribution is -2.29. The Kier molecular flexibility index (Phi) is 7.67. The van der Waals surface area contributed by atoms with Crippen LogP contribution in [0.5, 0.6) is 11.5 Å². The first kappa shape index (κ1) is 20.8. The highest BCUT2D eigenvalue weighted by Gasteiger charge is 2.15. The predicted molar refractivity (Wildman–Crippen MR) is 104 cm³/mol. The van der Waals surface area contributed by atoms with Gasteiger partial charge >= 0.3 is 0 Å². The molecule has 0 unspecified atom stereocenters. The van der Waals surface area contributed by atoms with Crippen molar-refractivity contribution >= 4 is 15.7 Å². The molecular weight excluding hydrogens is 366 g/mol. The maximum atomic E-state index is 12.3. The SMILES string of the molecule is CCCCOc1ccc(C(=O)NCCS(=O)(=O)c2ccccc2)cc1OC. The molecule has 1 amide bonds. The van der Waals surface area contributed by atoms with Crippen LogP contribution in [0.4, 0.5) is 0 Å². The van der Waals surface area contributed by atoms with Crippen LogP contribution >= 0.6 is 0 Å². The van der Waals surface area contributed by atoms with Crippen molar-refractivity contribution in [1.82, 2.24) is 5.32 Å². The van der Waals surface area contributed by atoms with Gasteiger partial charge < -0.3 is 14.8 Å². The highest BCUT2D eigenvalue weighted by molar-refractivity contribution is 7.91. The van der Waals surface area contributed by atoms with Gasteiger partial charge in [-0.15, -0.1) is 0 Å². The standard InChI is InChI=1S/C20H25NO5S/c1-3-4-13-26-18-11-10-16(15-19(18)25-2)20(22)21-12-14-27(23,24)17-8-6-5-7-9-17/h5-11,15H,3-4,12-14H2,1-2H3,(H,21,22). The quantitative estimate of drug-likeness (QED) is 0.630. The van der Waals surface area contributed by atoms with Crippen LogP contribution in [0.25, 0.3) is 0 Å². The maximum absolute atomic E-state index is 12.3. The number of rotatable bonds is 10. The molecule has 0 aromatic heterocycles. The molecule has 146 valence electrons. The number of ether oxygens (including phenoxy) is 2. The van der Waals surface area contributed by atoms with Gasteiger partial charge in [0, 0.05) is 12.1 Å². The van der Waals surface area contributed by atoms with E-state index in [2.05, 4.69) is 12.2 Å². The maximum Gasteiger partial charge on any atom is 0.251 e. The van der Waals surface area contributed by atoms with Crippen molar-refractivity contribution in [1.29, 1.82) is 0 Å². The Morgan fingerprint density at radius 2 is 1.81 bits per heavy atom. The average Bonchev–Trinajstić information content (AvgIpc) is 2.68. The third-order valence-electron chi connectivity index (χ3n) is 3.94. The minimum atomic E-state index is -3.43. The summed E-state index contributed by atoms with van der Waals surface area (Å²) in [6, 6.07) is 13.1. The van der Waals surface area contributed by atoms with Crippen LogP contribution in [-0.2, 0) is 9.84 Å². The summed E-state index contributed by atoms with van der Waals surface area (Å²) in [5, 5.41) is 2.63. The number of hydrogen-bond acceptors (Lipinski definition) is 5. The monoisotopic (exact) mass is 391 g/mol. The van der Waals surface area contributed by atoms with E-state index in [1.54, 1.807) is 48.5 Å². The van der Waals surface area contributed by atoms with Crippen molar-refractivity contribution < 1.29 is 22.7 Å². The number of amides is 1. The Morgan fingerprint density at radius 1 is 1.07 bits per heavy atom. The minimum Gasteiger partial charge on any atom is -0.493 e. The van der Waals surface area contributed by atoms with E-state index in [-0.39, 0.29) is 23.1 Å². The largest absolute Gasteiger partial charge is 0.493 e. The van der Waals surface area contributed by atoms with Crippen LogP contribution in [0.3, 0.4) is 0 Å². The van der Waals surface area contributed by atoms with Gasteiger partial charge in [0.15, 0.2) is 21.3 Å². The predicted octanol–water partition coefficient (Wildman–Crippen LogP) is 3.08. The molecule has 0 heterocycles. The fourth-order valence-electron chi connectivity index (χ4n) is 2.40. The van der Waals surface area contributed by atoms with Crippen LogP contribution in [-0.4, -0.2) is 40.3 Å². The molecule has 0 bridgehead atoms. The normalized spacial score (nSPS) is 11.0. The number of methoxy groups -OCH3 is 1. The van der Waals surface area contributed by atoms with Gasteiger partial charge in [-0.3, -0.25) is 4.79 Å². The molecule has 0 atom stereocenters. The molecule has 0 aliphatic carbocycles. The Bertz CT molecular complexity index is 850. The molecule has 0 saturated carbocycles. The summed E-state index contributed by atoms with van der Waals surface area (Å²) >= 11 is 0. The molecular formula is C20H25NO5S. The number of carbonyl (C=O) groups is 1. The van der Waals surface area contributed by atoms with Crippen LogP contribution < -0.4 is 14.8 Å². The van der Waals surface area contributed by atoms with Gasteiger partial charge in [-0.1, -0.05) is 31.5 Å². The summed E-state index contributed by atoms with van der Waals surface area (Å²) in [7, 11) is -1.92. The third kappa shape index (κ3) is 5.99. The highest BCUT2D eigenvalue weighted by atomic mass is 32.2. The van der Waals surface area contributed by atoms with Crippen molar-refractivity contribution in [2.45, 2.75) is 24.7 Å². The zero-order chi connectivity index (χ0) is 19.7. The second kappa shape index (κ2) is 9.97. The van der Waals surface area contributed by atoms with Gasteiger partial charge in [-0.05, 0) is 36.8 Å². The van der Waals surface area contributed by atoms with E-state index in [0.29, 0.717) is 23.7 Å². The summed E-state index contributed by atoms with van der Waals surface area (Å²) in [4.78, 5) is 12.5. The first-order valence-corrected chi connectivity index (χ1v) is 10.5. The van der Waals surface area contributed by atoms with Gasteiger partial charge in [0.1, 0.15) is 0 Å². The summed E-state index contributed by atoms with van der Waals surface area (Å²) in [5.74, 6) is 0.513. The minimum absolute atomic E-state index is 0.0210. The smallest absolute Gasteiger partial charge is 0.251 e. The topological polar surface area (TPSA) is 81.7 Å². The van der Waals surface area contributed by atoms with E-state index >= 15 is 0 Å². The van der Waals surface area contributed by atoms with Gasteiger partial charge in [0.05, 0.1) is 24.4 Å². The van der Waals surface area contributed by atoms with E-state index < -0.39 is 9.84 Å². The van der Waals surface area contributed by atoms with Gasteiger partial charge in [0.2, 0.25) is 0 Å². The fourth-order valence-corrected chi connectivity index (χ4v) is 3.58. The molecule has 0 aliphatic heterocycles. The van der Waals surface area contributed by atoms with Crippen molar-refractivity contribution in [3.63, 3.8) is 0 Å². The number of sulfone groups is 1. The Balaban J connectivity index is 1.95. The van der Waals surface area contributed by atoms with Crippen LogP contribution in [0.2, 0.25) is 0 Å². The lowest BCUT2D eigenvalue weighted by molar-refractivity contribution is 0.0955. The van der Waals surface area contributed by atoms with E-state index in [9.17, 15) is 13.2 Å². The van der Waals surface area contributed by atoms with E-state index in [1.165, 1.54) is 7.11 Å². The van der Waals surface area contributed by atoms with Crippen molar-refractivity contribution in [2.75, 3.05) is 26.0 Å². The van der Waals surface area contributed by atoms with Crippen molar-refractivity contribution in [2.24, 2.45) is 0 Å². The van der Waals surface area contributed by atoms with Crippen LogP contribution in [0.15, 0.2) is 53.4 Å². The van der Waals surface area contributed by atoms with Crippen LogP contribution in [0.1, 0.15) is 30.1 Å². The molecule has 2 rings (SSSR count). The molecule has 0 aliphatic rings.